The van der Waals surface area contributed by atoms with Gasteiger partial charge in [-0.2, -0.15) is 5.10 Å². The number of aromatic nitrogens is 3. The molecule has 5 rings (SSSR count). The highest BCUT2D eigenvalue weighted by Crippen LogP contribution is 2.20. The lowest BCUT2D eigenvalue weighted by Gasteiger charge is -2.28. The third kappa shape index (κ3) is 5.07. The zero-order valence-corrected chi connectivity index (χ0v) is 18.0. The molecule has 9 heteroatoms. The molecule has 0 saturated carbocycles. The van der Waals surface area contributed by atoms with E-state index in [0.29, 0.717) is 25.5 Å². The molecule has 32 heavy (non-hydrogen) atoms. The minimum absolute atomic E-state index is 0.185. The molecule has 0 unspecified atom stereocenters. The third-order valence-corrected chi connectivity index (χ3v) is 5.60. The van der Waals surface area contributed by atoms with Crippen molar-refractivity contribution in [2.75, 3.05) is 49.8 Å². The second kappa shape index (κ2) is 10.1. The summed E-state index contributed by atoms with van der Waals surface area (Å²) < 4.78 is 16.8. The highest BCUT2D eigenvalue weighted by Gasteiger charge is 2.18. The number of hydrogen-bond acceptors (Lipinski definition) is 8. The first-order valence-electron chi connectivity index (χ1n) is 11.1. The molecule has 2 aliphatic rings. The van der Waals surface area contributed by atoms with Crippen LogP contribution in [0.25, 0.3) is 10.9 Å². The summed E-state index contributed by atoms with van der Waals surface area (Å²) in [5, 5.41) is 5.56. The maximum absolute atomic E-state index is 5.67. The second-order valence-electron chi connectivity index (χ2n) is 7.85. The van der Waals surface area contributed by atoms with E-state index in [-0.39, 0.29) is 6.29 Å². The summed E-state index contributed by atoms with van der Waals surface area (Å²) >= 11 is 0. The molecule has 0 spiro atoms. The molecule has 168 valence electrons. The van der Waals surface area contributed by atoms with Crippen molar-refractivity contribution in [2.45, 2.75) is 25.6 Å². The summed E-state index contributed by atoms with van der Waals surface area (Å²) in [5.41, 5.74) is 5.19. The zero-order valence-electron chi connectivity index (χ0n) is 18.0. The van der Waals surface area contributed by atoms with Gasteiger partial charge in [0.05, 0.1) is 32.6 Å². The molecular formula is C23H28N6O3. The van der Waals surface area contributed by atoms with E-state index in [4.69, 9.17) is 19.2 Å². The second-order valence-corrected chi connectivity index (χ2v) is 7.85. The largest absolute Gasteiger partial charge is 0.378 e. The van der Waals surface area contributed by atoms with Crippen LogP contribution in [-0.2, 0) is 20.6 Å². The number of hydrazone groups is 1. The lowest BCUT2D eigenvalue weighted by molar-refractivity contribution is -0.180. The van der Waals surface area contributed by atoms with Gasteiger partial charge in [-0.15, -0.1) is 0 Å². The Labute approximate surface area is 186 Å². The van der Waals surface area contributed by atoms with E-state index in [0.717, 1.165) is 67.3 Å². The van der Waals surface area contributed by atoms with Crippen LogP contribution in [0.2, 0.25) is 0 Å². The quantitative estimate of drug-likeness (QED) is 0.434. The van der Waals surface area contributed by atoms with Gasteiger partial charge < -0.3 is 24.1 Å². The lowest BCUT2D eigenvalue weighted by Crippen LogP contribution is -2.37. The molecule has 3 aromatic rings. The van der Waals surface area contributed by atoms with E-state index in [9.17, 15) is 0 Å². The van der Waals surface area contributed by atoms with Gasteiger partial charge in [-0.25, -0.2) is 9.97 Å². The van der Waals surface area contributed by atoms with Gasteiger partial charge in [0, 0.05) is 54.7 Å². The van der Waals surface area contributed by atoms with Gasteiger partial charge in [0.15, 0.2) is 12.1 Å². The van der Waals surface area contributed by atoms with Crippen LogP contribution in [0.3, 0.4) is 0 Å². The van der Waals surface area contributed by atoms with Gasteiger partial charge in [-0.05, 0) is 12.5 Å². The van der Waals surface area contributed by atoms with Crippen LogP contribution in [0, 0.1) is 0 Å². The number of benzene rings is 1. The summed E-state index contributed by atoms with van der Waals surface area (Å²) in [6.07, 6.45) is 5.91. The van der Waals surface area contributed by atoms with Crippen LogP contribution in [0.5, 0.6) is 0 Å². The molecule has 0 radical (unpaired) electrons. The zero-order chi connectivity index (χ0) is 21.6. The molecule has 2 fully saturated rings. The Kier molecular flexibility index (Phi) is 6.57. The molecule has 0 aliphatic carbocycles. The highest BCUT2D eigenvalue weighted by atomic mass is 16.7. The van der Waals surface area contributed by atoms with Crippen molar-refractivity contribution < 1.29 is 14.2 Å². The highest BCUT2D eigenvalue weighted by molar-refractivity contribution is 5.99. The van der Waals surface area contributed by atoms with Gasteiger partial charge in [0.25, 0.3) is 0 Å². The third-order valence-electron chi connectivity index (χ3n) is 5.60. The van der Waals surface area contributed by atoms with Crippen molar-refractivity contribution >= 4 is 28.8 Å². The van der Waals surface area contributed by atoms with E-state index in [1.54, 1.807) is 6.21 Å². The van der Waals surface area contributed by atoms with Crippen LogP contribution in [-0.4, -0.2) is 67.0 Å². The summed E-state index contributed by atoms with van der Waals surface area (Å²) in [6.45, 7) is 4.51. The van der Waals surface area contributed by atoms with Gasteiger partial charge >= 0.3 is 0 Å². The Bertz CT molecular complexity index is 1060. The van der Waals surface area contributed by atoms with Crippen molar-refractivity contribution in [3.8, 4) is 0 Å². The van der Waals surface area contributed by atoms with Crippen molar-refractivity contribution in [2.24, 2.45) is 5.10 Å². The first-order valence-corrected chi connectivity index (χ1v) is 11.1. The number of para-hydroxylation sites is 1. The molecule has 2 aromatic heterocycles. The summed E-state index contributed by atoms with van der Waals surface area (Å²) in [4.78, 5) is 15.0. The van der Waals surface area contributed by atoms with E-state index >= 15 is 0 Å². The van der Waals surface area contributed by atoms with E-state index in [2.05, 4.69) is 31.5 Å². The molecule has 0 atom stereocenters. The Morgan fingerprint density at radius 3 is 2.84 bits per heavy atom. The van der Waals surface area contributed by atoms with E-state index in [1.165, 1.54) is 0 Å². The molecule has 9 nitrogen and oxygen atoms in total. The summed E-state index contributed by atoms with van der Waals surface area (Å²) in [5.74, 6) is 2.29. The van der Waals surface area contributed by atoms with Crippen LogP contribution in [0.15, 0.2) is 41.6 Å². The van der Waals surface area contributed by atoms with Gasteiger partial charge in [-0.3, -0.25) is 5.43 Å². The Hall–Kier alpha value is -3.01. The van der Waals surface area contributed by atoms with Crippen LogP contribution in [0.1, 0.15) is 24.2 Å². The van der Waals surface area contributed by atoms with Crippen molar-refractivity contribution in [3.63, 3.8) is 0 Å². The fourth-order valence-corrected chi connectivity index (χ4v) is 3.93. The molecule has 4 heterocycles. The first-order chi connectivity index (χ1) is 15.8. The number of anilines is 2. The number of aryl methyl sites for hydroxylation is 1. The average Bonchev–Trinajstić information content (AvgIpc) is 3.27. The van der Waals surface area contributed by atoms with Gasteiger partial charge in [-0.1, -0.05) is 18.2 Å². The van der Waals surface area contributed by atoms with Crippen molar-refractivity contribution in [1.82, 2.24) is 15.0 Å². The number of fused-ring (bicyclic) bond motifs is 1. The predicted molar refractivity (Wildman–Crippen MR) is 123 cm³/mol. The first kappa shape index (κ1) is 20.9. The smallest absolute Gasteiger partial charge is 0.158 e. The summed E-state index contributed by atoms with van der Waals surface area (Å²) in [6, 6.07) is 10.1. The standard InChI is InChI=1S/C23H28N6O3/c1-2-5-19-18(4-1)17(15-24-19)16-25-28-21-14-22(29-8-12-30-13-9-29)27-20(26-21)6-7-23-31-10-3-11-32-23/h1-2,4-5,14-16,23-24H,3,6-13H2,(H,26,27,28). The number of morpholine rings is 1. The number of rotatable bonds is 7. The monoisotopic (exact) mass is 436 g/mol. The Balaban J connectivity index is 1.32. The number of H-pyrrole nitrogens is 1. The normalized spacial score (nSPS) is 17.9. The molecule has 2 N–H and O–H groups in total. The number of nitrogens with one attached hydrogen (secondary N) is 2. The fourth-order valence-electron chi connectivity index (χ4n) is 3.93. The van der Waals surface area contributed by atoms with Crippen LogP contribution in [0.4, 0.5) is 11.6 Å². The molecule has 0 bridgehead atoms. The Morgan fingerprint density at radius 2 is 1.97 bits per heavy atom. The fraction of sp³-hybridized carbons (Fsp3) is 0.435. The van der Waals surface area contributed by atoms with E-state index < -0.39 is 0 Å². The lowest BCUT2D eigenvalue weighted by atomic mass is 10.2. The minimum Gasteiger partial charge on any atom is -0.378 e. The molecule has 0 amide bonds. The topological polar surface area (TPSA) is 96.9 Å². The summed E-state index contributed by atoms with van der Waals surface area (Å²) in [7, 11) is 0. The predicted octanol–water partition coefficient (Wildman–Crippen LogP) is 2.94. The maximum Gasteiger partial charge on any atom is 0.158 e. The van der Waals surface area contributed by atoms with Crippen molar-refractivity contribution in [3.05, 3.63) is 47.9 Å². The molecule has 2 aliphatic heterocycles. The maximum atomic E-state index is 5.67. The SMILES string of the molecule is C(=NNc1cc(N2CCOCC2)nc(CCC2OCCCO2)n1)c1c[nH]c2ccccc12. The van der Waals surface area contributed by atoms with E-state index in [1.807, 2.05) is 30.5 Å². The Morgan fingerprint density at radius 1 is 1.12 bits per heavy atom. The number of ether oxygens (including phenoxy) is 3. The number of hydrogen-bond donors (Lipinski definition) is 2. The van der Waals surface area contributed by atoms with Crippen molar-refractivity contribution in [1.29, 1.82) is 0 Å². The number of nitrogens with zero attached hydrogens (tertiary/aromatic N) is 4. The van der Waals surface area contributed by atoms with Crippen LogP contribution < -0.4 is 10.3 Å². The number of aromatic amines is 1. The molecule has 2 saturated heterocycles. The van der Waals surface area contributed by atoms with Gasteiger partial charge in [0.2, 0.25) is 0 Å². The minimum atomic E-state index is -0.185. The van der Waals surface area contributed by atoms with Gasteiger partial charge in [0.1, 0.15) is 11.6 Å². The molecular weight excluding hydrogens is 408 g/mol. The van der Waals surface area contributed by atoms with Crippen LogP contribution >= 0.6 is 0 Å². The molecule has 1 aromatic carbocycles. The average molecular weight is 437 g/mol.